The number of fused-ring (bicyclic) bond motifs is 1. The van der Waals surface area contributed by atoms with Crippen LogP contribution in [0.3, 0.4) is 0 Å². The zero-order valence-corrected chi connectivity index (χ0v) is 27.0. The Morgan fingerprint density at radius 3 is 2.29 bits per heavy atom. The molecule has 2 aromatic heterocycles. The van der Waals surface area contributed by atoms with E-state index in [2.05, 4.69) is 27.3 Å². The molecule has 3 heterocycles. The highest BCUT2D eigenvalue weighted by molar-refractivity contribution is 6.44. The van der Waals surface area contributed by atoms with Gasteiger partial charge in [-0.15, -0.1) is 0 Å². The summed E-state index contributed by atoms with van der Waals surface area (Å²) in [5.41, 5.74) is -0.267. The third kappa shape index (κ3) is 6.95. The molecule has 0 radical (unpaired) electrons. The minimum atomic E-state index is -1.04. The number of amides is 1. The van der Waals surface area contributed by atoms with Crippen molar-refractivity contribution in [3.05, 3.63) is 63.2 Å². The van der Waals surface area contributed by atoms with Crippen LogP contribution < -0.4 is 10.2 Å². The lowest BCUT2D eigenvalue weighted by molar-refractivity contribution is -0.126. The Labute approximate surface area is 273 Å². The standard InChI is InChI=1S/C17H15ClF3N5.C14H17Cl2NO2/c1-9-2-4-25(5-3-9)16-14(13-11(20)6-10(19)7-12(13)21)15(18)24-17-22-8-23-26(16)17;1-14(7-3-2-4-8-14)13(19)17-9-5-6-10(18)12(16)11(9)15/h6-9H,2-5H2,1H3;5-6,18H,2-4,7-8H2,1H3,(H,17,19). The summed E-state index contributed by atoms with van der Waals surface area (Å²) in [5, 5.41) is 16.5. The fraction of sp³-hybridized carbons (Fsp3) is 0.419. The number of rotatable bonds is 4. The van der Waals surface area contributed by atoms with Crippen molar-refractivity contribution >= 4 is 58.0 Å². The van der Waals surface area contributed by atoms with Crippen LogP contribution in [0.5, 0.6) is 5.75 Å². The molecule has 1 aliphatic heterocycles. The molecule has 2 aromatic carbocycles. The second kappa shape index (κ2) is 13.6. The number of hydrogen-bond acceptors (Lipinski definition) is 6. The van der Waals surface area contributed by atoms with Crippen molar-refractivity contribution in [3.8, 4) is 16.9 Å². The Morgan fingerprint density at radius 2 is 1.64 bits per heavy atom. The molecule has 2 fully saturated rings. The molecule has 8 nitrogen and oxygen atoms in total. The summed E-state index contributed by atoms with van der Waals surface area (Å²) in [6.07, 6.45) is 8.27. The number of phenolic OH excluding ortho intramolecular Hbond substituents is 1. The summed E-state index contributed by atoms with van der Waals surface area (Å²) < 4.78 is 43.7. The number of benzene rings is 2. The van der Waals surface area contributed by atoms with Gasteiger partial charge >= 0.3 is 0 Å². The van der Waals surface area contributed by atoms with E-state index in [9.17, 15) is 23.1 Å². The third-order valence-electron chi connectivity index (χ3n) is 8.51. The first-order valence-corrected chi connectivity index (χ1v) is 15.8. The van der Waals surface area contributed by atoms with Gasteiger partial charge in [-0.2, -0.15) is 19.6 Å². The van der Waals surface area contributed by atoms with Crippen LogP contribution in [0, 0.1) is 28.8 Å². The summed E-state index contributed by atoms with van der Waals surface area (Å²) in [6, 6.07) is 4.24. The summed E-state index contributed by atoms with van der Waals surface area (Å²) >= 11 is 18.2. The molecule has 14 heteroatoms. The Hall–Kier alpha value is -3.28. The first-order valence-electron chi connectivity index (χ1n) is 14.7. The molecule has 1 amide bonds. The average molecular weight is 684 g/mol. The summed E-state index contributed by atoms with van der Waals surface area (Å²) in [6.45, 7) is 5.49. The molecular formula is C31H32Cl3F3N6O2. The number of halogens is 6. The van der Waals surface area contributed by atoms with Crippen LogP contribution in [-0.4, -0.2) is 43.7 Å². The van der Waals surface area contributed by atoms with Crippen LogP contribution in [0.25, 0.3) is 16.9 Å². The maximum Gasteiger partial charge on any atom is 0.255 e. The van der Waals surface area contributed by atoms with E-state index in [0.29, 0.717) is 42.6 Å². The van der Waals surface area contributed by atoms with Crippen molar-refractivity contribution in [2.24, 2.45) is 11.3 Å². The number of anilines is 2. The number of aromatic hydroxyl groups is 1. The van der Waals surface area contributed by atoms with Crippen LogP contribution in [0.15, 0.2) is 30.6 Å². The lowest BCUT2D eigenvalue weighted by Gasteiger charge is -2.33. The predicted molar refractivity (Wildman–Crippen MR) is 170 cm³/mol. The van der Waals surface area contributed by atoms with Gasteiger partial charge in [0, 0.05) is 30.6 Å². The van der Waals surface area contributed by atoms with Crippen LogP contribution in [0.4, 0.5) is 24.7 Å². The predicted octanol–water partition coefficient (Wildman–Crippen LogP) is 8.71. The van der Waals surface area contributed by atoms with Gasteiger partial charge in [0.2, 0.25) is 5.91 Å². The van der Waals surface area contributed by atoms with E-state index in [4.69, 9.17) is 34.8 Å². The Kier molecular flexibility index (Phi) is 10.0. The number of piperidine rings is 1. The average Bonchev–Trinajstić information content (AvgIpc) is 3.46. The molecule has 2 aliphatic rings. The van der Waals surface area contributed by atoms with Crippen molar-refractivity contribution in [1.82, 2.24) is 19.6 Å². The first kappa shape index (κ1) is 33.1. The monoisotopic (exact) mass is 682 g/mol. The molecule has 240 valence electrons. The molecule has 2 N–H and O–H groups in total. The molecule has 1 saturated heterocycles. The van der Waals surface area contributed by atoms with E-state index in [-0.39, 0.29) is 43.6 Å². The molecule has 1 aliphatic carbocycles. The smallest absolute Gasteiger partial charge is 0.255 e. The quantitative estimate of drug-likeness (QED) is 0.165. The third-order valence-corrected chi connectivity index (χ3v) is 9.66. The summed E-state index contributed by atoms with van der Waals surface area (Å²) in [4.78, 5) is 22.4. The normalized spacial score (nSPS) is 16.8. The van der Waals surface area contributed by atoms with Gasteiger partial charge in [0.15, 0.2) is 0 Å². The van der Waals surface area contributed by atoms with Gasteiger partial charge in [-0.05, 0) is 43.7 Å². The minimum absolute atomic E-state index is 0.0316. The second-order valence-corrected chi connectivity index (χ2v) is 12.9. The number of aromatic nitrogens is 4. The number of hydrogen-bond donors (Lipinski definition) is 2. The largest absolute Gasteiger partial charge is 0.506 e. The molecule has 4 aromatic rings. The van der Waals surface area contributed by atoms with Crippen LogP contribution in [-0.2, 0) is 4.79 Å². The van der Waals surface area contributed by atoms with Crippen molar-refractivity contribution in [3.63, 3.8) is 0 Å². The van der Waals surface area contributed by atoms with Crippen LogP contribution in [0.1, 0.15) is 58.8 Å². The van der Waals surface area contributed by atoms with E-state index in [1.165, 1.54) is 23.3 Å². The number of carbonyl (C=O) groups is 1. The lowest BCUT2D eigenvalue weighted by Crippen LogP contribution is -2.35. The molecule has 0 bridgehead atoms. The highest BCUT2D eigenvalue weighted by Crippen LogP contribution is 2.42. The maximum atomic E-state index is 14.5. The van der Waals surface area contributed by atoms with E-state index >= 15 is 0 Å². The molecule has 0 spiro atoms. The number of nitrogens with zero attached hydrogens (tertiary/aromatic N) is 5. The highest BCUT2D eigenvalue weighted by Gasteiger charge is 2.35. The van der Waals surface area contributed by atoms with Crippen LogP contribution in [0.2, 0.25) is 15.2 Å². The molecule has 0 unspecified atom stereocenters. The van der Waals surface area contributed by atoms with E-state index in [1.807, 2.05) is 11.8 Å². The van der Waals surface area contributed by atoms with E-state index in [1.54, 1.807) is 6.07 Å². The fourth-order valence-electron chi connectivity index (χ4n) is 5.78. The van der Waals surface area contributed by atoms with Gasteiger partial charge in [0.05, 0.1) is 21.8 Å². The van der Waals surface area contributed by atoms with Gasteiger partial charge < -0.3 is 15.3 Å². The summed E-state index contributed by atoms with van der Waals surface area (Å²) in [7, 11) is 0. The molecule has 0 atom stereocenters. The van der Waals surface area contributed by atoms with Gasteiger partial charge in [-0.25, -0.2) is 13.2 Å². The molecular weight excluding hydrogens is 652 g/mol. The van der Waals surface area contributed by atoms with Gasteiger partial charge in [-0.3, -0.25) is 4.79 Å². The second-order valence-electron chi connectivity index (χ2n) is 11.8. The zero-order valence-electron chi connectivity index (χ0n) is 24.7. The van der Waals surface area contributed by atoms with E-state index < -0.39 is 23.0 Å². The van der Waals surface area contributed by atoms with Gasteiger partial charge in [0.25, 0.3) is 5.78 Å². The van der Waals surface area contributed by atoms with Gasteiger partial charge in [-0.1, -0.05) is 67.9 Å². The SMILES string of the molecule is CC1(C(=O)Nc2ccc(O)c(Cl)c2Cl)CCCCC1.CC1CCN(c2c(-c3c(F)cc(F)cc3F)c(Cl)nc3ncnn23)CC1. The molecule has 45 heavy (non-hydrogen) atoms. The van der Waals surface area contributed by atoms with Gasteiger partial charge in [0.1, 0.15) is 45.5 Å². The molecule has 6 rings (SSSR count). The topological polar surface area (TPSA) is 95.7 Å². The number of nitrogens with one attached hydrogen (secondary N) is 1. The van der Waals surface area contributed by atoms with Crippen molar-refractivity contribution in [1.29, 1.82) is 0 Å². The van der Waals surface area contributed by atoms with E-state index in [0.717, 1.165) is 38.5 Å². The van der Waals surface area contributed by atoms with Crippen molar-refractivity contribution in [2.75, 3.05) is 23.3 Å². The van der Waals surface area contributed by atoms with Crippen molar-refractivity contribution < 1.29 is 23.1 Å². The summed E-state index contributed by atoms with van der Waals surface area (Å²) in [5.74, 6) is -2.01. The Bertz CT molecular complexity index is 1700. The maximum absolute atomic E-state index is 14.5. The molecule has 1 saturated carbocycles. The van der Waals surface area contributed by atoms with Crippen LogP contribution >= 0.6 is 34.8 Å². The highest BCUT2D eigenvalue weighted by atomic mass is 35.5. The number of carbonyl (C=O) groups excluding carboxylic acids is 1. The minimum Gasteiger partial charge on any atom is -0.506 e. The first-order chi connectivity index (χ1) is 21.4. The Morgan fingerprint density at radius 1 is 1.00 bits per heavy atom. The van der Waals surface area contributed by atoms with Crippen molar-refractivity contribution in [2.45, 2.75) is 58.8 Å². The lowest BCUT2D eigenvalue weighted by atomic mass is 9.75. The Balaban J connectivity index is 0.000000187. The fourth-order valence-corrected chi connectivity index (χ4v) is 6.41. The zero-order chi connectivity index (χ0) is 32.5. The number of phenols is 1.